The highest BCUT2D eigenvalue weighted by Crippen LogP contribution is 1.99. The highest BCUT2D eigenvalue weighted by molar-refractivity contribution is 5.85. The Bertz CT molecular complexity index is 375. The van der Waals surface area contributed by atoms with Crippen LogP contribution in [0.15, 0.2) is 12.7 Å². The van der Waals surface area contributed by atoms with E-state index in [4.69, 9.17) is 0 Å². The van der Waals surface area contributed by atoms with Gasteiger partial charge in [-0.3, -0.25) is 14.3 Å². The van der Waals surface area contributed by atoms with Crippen molar-refractivity contribution in [1.29, 1.82) is 0 Å². The van der Waals surface area contributed by atoms with Crippen LogP contribution in [0.25, 0.3) is 0 Å². The molecule has 0 radical (unpaired) electrons. The van der Waals surface area contributed by atoms with E-state index in [1.807, 2.05) is 0 Å². The fourth-order valence-electron chi connectivity index (χ4n) is 1.57. The first-order chi connectivity index (χ1) is 7.75. The van der Waals surface area contributed by atoms with Gasteiger partial charge in [0, 0.05) is 19.5 Å². The minimum absolute atomic E-state index is 0.0228. The summed E-state index contributed by atoms with van der Waals surface area (Å²) >= 11 is 0. The van der Waals surface area contributed by atoms with Crippen LogP contribution < -0.4 is 5.32 Å². The van der Waals surface area contributed by atoms with Crippen molar-refractivity contribution >= 4 is 11.8 Å². The van der Waals surface area contributed by atoms with Gasteiger partial charge in [0.2, 0.25) is 11.8 Å². The molecule has 86 valence electrons. The van der Waals surface area contributed by atoms with Crippen LogP contribution in [0.4, 0.5) is 0 Å². The minimum Gasteiger partial charge on any atom is -0.353 e. The zero-order valence-electron chi connectivity index (χ0n) is 8.80. The van der Waals surface area contributed by atoms with Crippen LogP contribution in [0.3, 0.4) is 0 Å². The van der Waals surface area contributed by atoms with Gasteiger partial charge in [-0.15, -0.1) is 0 Å². The SMILES string of the molecule is O=C1CN(C(=O)CCn2cncn2)CCN1. The van der Waals surface area contributed by atoms with E-state index in [0.29, 0.717) is 26.1 Å². The molecule has 1 saturated heterocycles. The highest BCUT2D eigenvalue weighted by Gasteiger charge is 2.20. The maximum absolute atomic E-state index is 11.7. The van der Waals surface area contributed by atoms with E-state index in [9.17, 15) is 9.59 Å². The van der Waals surface area contributed by atoms with Gasteiger partial charge in [-0.05, 0) is 0 Å². The average Bonchev–Trinajstić information content (AvgIpc) is 2.78. The molecule has 1 aliphatic heterocycles. The molecule has 2 heterocycles. The molecule has 0 saturated carbocycles. The predicted octanol–water partition coefficient (Wildman–Crippen LogP) is -1.37. The number of nitrogens with one attached hydrogen (secondary N) is 1. The summed E-state index contributed by atoms with van der Waals surface area (Å²) in [6.45, 7) is 1.78. The molecular formula is C9H13N5O2. The van der Waals surface area contributed by atoms with Gasteiger partial charge >= 0.3 is 0 Å². The summed E-state index contributed by atoms with van der Waals surface area (Å²) in [5, 5.41) is 6.58. The van der Waals surface area contributed by atoms with E-state index in [1.54, 1.807) is 15.9 Å². The number of rotatable bonds is 3. The van der Waals surface area contributed by atoms with Crippen molar-refractivity contribution in [3.63, 3.8) is 0 Å². The molecule has 0 atom stereocenters. The predicted molar refractivity (Wildman–Crippen MR) is 54.2 cm³/mol. The van der Waals surface area contributed by atoms with Crippen LogP contribution in [0.5, 0.6) is 0 Å². The third-order valence-electron chi connectivity index (χ3n) is 2.41. The quantitative estimate of drug-likeness (QED) is 0.685. The molecule has 1 aromatic rings. The monoisotopic (exact) mass is 223 g/mol. The molecule has 1 aliphatic rings. The zero-order chi connectivity index (χ0) is 11.4. The van der Waals surface area contributed by atoms with E-state index >= 15 is 0 Å². The van der Waals surface area contributed by atoms with Crippen molar-refractivity contribution in [2.24, 2.45) is 0 Å². The largest absolute Gasteiger partial charge is 0.353 e. The second kappa shape index (κ2) is 4.73. The van der Waals surface area contributed by atoms with Crippen LogP contribution in [0.1, 0.15) is 6.42 Å². The van der Waals surface area contributed by atoms with Crippen molar-refractivity contribution in [3.05, 3.63) is 12.7 Å². The lowest BCUT2D eigenvalue weighted by Crippen LogP contribution is -2.50. The third kappa shape index (κ3) is 2.56. The molecule has 0 unspecified atom stereocenters. The summed E-state index contributed by atoms with van der Waals surface area (Å²) < 4.78 is 1.60. The third-order valence-corrected chi connectivity index (χ3v) is 2.41. The van der Waals surface area contributed by atoms with E-state index in [2.05, 4.69) is 15.4 Å². The van der Waals surface area contributed by atoms with Gasteiger partial charge < -0.3 is 10.2 Å². The van der Waals surface area contributed by atoms with Gasteiger partial charge in [0.1, 0.15) is 12.7 Å². The van der Waals surface area contributed by atoms with Crippen LogP contribution in [-0.4, -0.2) is 51.1 Å². The summed E-state index contributed by atoms with van der Waals surface area (Å²) in [6.07, 6.45) is 3.34. The molecule has 1 aromatic heterocycles. The van der Waals surface area contributed by atoms with Crippen LogP contribution in [0, 0.1) is 0 Å². The van der Waals surface area contributed by atoms with Crippen molar-refractivity contribution in [3.8, 4) is 0 Å². The topological polar surface area (TPSA) is 80.1 Å². The lowest BCUT2D eigenvalue weighted by atomic mass is 10.3. The number of carbonyl (C=O) groups excluding carboxylic acids is 2. The minimum atomic E-state index is -0.0969. The Balaban J connectivity index is 1.81. The van der Waals surface area contributed by atoms with Crippen molar-refractivity contribution in [1.82, 2.24) is 25.0 Å². The van der Waals surface area contributed by atoms with Crippen molar-refractivity contribution in [2.45, 2.75) is 13.0 Å². The summed E-state index contributed by atoms with van der Waals surface area (Å²) in [5.74, 6) is -0.120. The lowest BCUT2D eigenvalue weighted by molar-refractivity contribution is -0.138. The first kappa shape index (κ1) is 10.6. The number of piperazine rings is 1. The number of aromatic nitrogens is 3. The highest BCUT2D eigenvalue weighted by atomic mass is 16.2. The Morgan fingerprint density at radius 2 is 2.44 bits per heavy atom. The Hall–Kier alpha value is -1.92. The normalized spacial score (nSPS) is 16.0. The van der Waals surface area contributed by atoms with Crippen LogP contribution in [0.2, 0.25) is 0 Å². The molecule has 2 amide bonds. The standard InChI is InChI=1S/C9H13N5O2/c15-8-5-13(4-2-11-8)9(16)1-3-14-7-10-6-12-14/h6-7H,1-5H2,(H,11,15). The lowest BCUT2D eigenvalue weighted by Gasteiger charge is -2.26. The van der Waals surface area contributed by atoms with Gasteiger partial charge in [0.25, 0.3) is 0 Å². The molecule has 7 nitrogen and oxygen atoms in total. The first-order valence-corrected chi connectivity index (χ1v) is 5.12. The fourth-order valence-corrected chi connectivity index (χ4v) is 1.57. The molecule has 0 aromatic carbocycles. The van der Waals surface area contributed by atoms with Gasteiger partial charge in [0.15, 0.2) is 0 Å². The van der Waals surface area contributed by atoms with E-state index in [0.717, 1.165) is 0 Å². The smallest absolute Gasteiger partial charge is 0.239 e. The molecule has 0 spiro atoms. The van der Waals surface area contributed by atoms with Crippen LogP contribution in [-0.2, 0) is 16.1 Å². The van der Waals surface area contributed by atoms with E-state index < -0.39 is 0 Å². The second-order valence-electron chi connectivity index (χ2n) is 3.57. The summed E-state index contributed by atoms with van der Waals surface area (Å²) in [7, 11) is 0. The molecule has 16 heavy (non-hydrogen) atoms. The van der Waals surface area contributed by atoms with Gasteiger partial charge in [0.05, 0.1) is 13.1 Å². The number of hydrogen-bond acceptors (Lipinski definition) is 4. The summed E-state index contributed by atoms with van der Waals surface area (Å²) in [4.78, 5) is 28.2. The van der Waals surface area contributed by atoms with E-state index in [-0.39, 0.29) is 18.4 Å². The Labute approximate surface area is 92.4 Å². The Morgan fingerprint density at radius 1 is 1.56 bits per heavy atom. The maximum atomic E-state index is 11.7. The Kier molecular flexibility index (Phi) is 3.13. The molecule has 2 rings (SSSR count). The van der Waals surface area contributed by atoms with Gasteiger partial charge in [-0.1, -0.05) is 0 Å². The van der Waals surface area contributed by atoms with Crippen molar-refractivity contribution < 1.29 is 9.59 Å². The number of carbonyl (C=O) groups is 2. The van der Waals surface area contributed by atoms with Gasteiger partial charge in [-0.25, -0.2) is 4.98 Å². The Morgan fingerprint density at radius 3 is 3.12 bits per heavy atom. The molecule has 7 heteroatoms. The number of aryl methyl sites for hydroxylation is 1. The van der Waals surface area contributed by atoms with E-state index in [1.165, 1.54) is 6.33 Å². The maximum Gasteiger partial charge on any atom is 0.239 e. The second-order valence-corrected chi connectivity index (χ2v) is 3.57. The van der Waals surface area contributed by atoms with Gasteiger partial charge in [-0.2, -0.15) is 5.10 Å². The number of nitrogens with zero attached hydrogens (tertiary/aromatic N) is 4. The molecule has 0 aliphatic carbocycles. The number of amides is 2. The summed E-state index contributed by atoms with van der Waals surface area (Å²) in [5.41, 5.74) is 0. The molecule has 1 N–H and O–H groups in total. The zero-order valence-corrected chi connectivity index (χ0v) is 8.80. The summed E-state index contributed by atoms with van der Waals surface area (Å²) in [6, 6.07) is 0. The van der Waals surface area contributed by atoms with Crippen molar-refractivity contribution in [2.75, 3.05) is 19.6 Å². The molecular weight excluding hydrogens is 210 g/mol. The first-order valence-electron chi connectivity index (χ1n) is 5.12. The molecule has 1 fully saturated rings. The average molecular weight is 223 g/mol. The van der Waals surface area contributed by atoms with Crippen LogP contribution >= 0.6 is 0 Å². The number of hydrogen-bond donors (Lipinski definition) is 1. The fraction of sp³-hybridized carbons (Fsp3) is 0.556. The molecule has 0 bridgehead atoms.